The van der Waals surface area contributed by atoms with Gasteiger partial charge in [0.05, 0.1) is 6.54 Å². The fourth-order valence-electron chi connectivity index (χ4n) is 1.30. The fraction of sp³-hybridized carbons (Fsp3) is 0.545. The molecule has 0 aromatic carbocycles. The van der Waals surface area contributed by atoms with E-state index in [2.05, 4.69) is 15.6 Å². The first-order chi connectivity index (χ1) is 8.56. The summed E-state index contributed by atoms with van der Waals surface area (Å²) in [4.78, 5) is 27.5. The molecule has 1 atom stereocenters. The molecule has 0 bridgehead atoms. The number of carboxylic acids is 1. The zero-order valence-electron chi connectivity index (χ0n) is 10.4. The fourth-order valence-corrected chi connectivity index (χ4v) is 2.10. The van der Waals surface area contributed by atoms with E-state index in [1.807, 2.05) is 6.92 Å². The molecule has 1 rings (SSSR count). The maximum Gasteiger partial charge on any atom is 0.326 e. The number of thiazole rings is 1. The Bertz CT molecular complexity index is 419. The third kappa shape index (κ3) is 4.33. The first kappa shape index (κ1) is 14.4. The molecule has 1 heterocycles. The molecule has 6 nitrogen and oxygen atoms in total. The monoisotopic (exact) mass is 271 g/mol. The summed E-state index contributed by atoms with van der Waals surface area (Å²) in [5.41, 5.74) is 0. The van der Waals surface area contributed by atoms with Gasteiger partial charge in [0.25, 0.3) is 0 Å². The van der Waals surface area contributed by atoms with Gasteiger partial charge >= 0.3 is 12.0 Å². The first-order valence-electron chi connectivity index (χ1n) is 5.77. The van der Waals surface area contributed by atoms with E-state index in [1.54, 1.807) is 13.1 Å². The van der Waals surface area contributed by atoms with Crippen molar-refractivity contribution in [2.75, 3.05) is 0 Å². The Kier molecular flexibility index (Phi) is 5.57. The van der Waals surface area contributed by atoms with Crippen LogP contribution in [-0.2, 0) is 17.8 Å². The molecule has 1 aromatic heterocycles. The van der Waals surface area contributed by atoms with Crippen molar-refractivity contribution in [2.24, 2.45) is 0 Å². The number of carbonyl (C=O) groups excluding carboxylic acids is 1. The topological polar surface area (TPSA) is 91.3 Å². The number of rotatable bonds is 6. The van der Waals surface area contributed by atoms with E-state index in [0.717, 1.165) is 16.3 Å². The highest BCUT2D eigenvalue weighted by molar-refractivity contribution is 7.11. The Balaban J connectivity index is 2.38. The number of amides is 2. The van der Waals surface area contributed by atoms with Gasteiger partial charge in [-0.1, -0.05) is 13.8 Å². The molecule has 1 unspecified atom stereocenters. The van der Waals surface area contributed by atoms with Crippen molar-refractivity contribution in [1.82, 2.24) is 15.6 Å². The van der Waals surface area contributed by atoms with Crippen LogP contribution in [0.4, 0.5) is 4.79 Å². The van der Waals surface area contributed by atoms with Gasteiger partial charge in [-0.2, -0.15) is 0 Å². The number of nitrogens with zero attached hydrogens (tertiary/aromatic N) is 1. The largest absolute Gasteiger partial charge is 0.480 e. The Labute approximate surface area is 109 Å². The minimum Gasteiger partial charge on any atom is -0.480 e. The summed E-state index contributed by atoms with van der Waals surface area (Å²) in [6.45, 7) is 4.05. The number of carbonyl (C=O) groups is 2. The van der Waals surface area contributed by atoms with Crippen molar-refractivity contribution in [2.45, 2.75) is 39.3 Å². The number of urea groups is 1. The maximum atomic E-state index is 11.5. The van der Waals surface area contributed by atoms with Crippen molar-refractivity contribution < 1.29 is 14.7 Å². The summed E-state index contributed by atoms with van der Waals surface area (Å²) in [5, 5.41) is 14.6. The minimum atomic E-state index is -1.03. The molecule has 0 spiro atoms. The molecule has 0 aliphatic heterocycles. The van der Waals surface area contributed by atoms with Crippen LogP contribution in [0.3, 0.4) is 0 Å². The average Bonchev–Trinajstić information content (AvgIpc) is 2.81. The molecule has 2 amide bonds. The molecule has 1 aromatic rings. The van der Waals surface area contributed by atoms with E-state index in [4.69, 9.17) is 5.11 Å². The molecule has 100 valence electrons. The van der Waals surface area contributed by atoms with Crippen molar-refractivity contribution in [3.8, 4) is 0 Å². The summed E-state index contributed by atoms with van der Waals surface area (Å²) in [5.74, 6) is -1.03. The zero-order chi connectivity index (χ0) is 13.5. The van der Waals surface area contributed by atoms with Crippen LogP contribution in [-0.4, -0.2) is 28.1 Å². The summed E-state index contributed by atoms with van der Waals surface area (Å²) in [6, 6.07) is -1.34. The van der Waals surface area contributed by atoms with Crippen LogP contribution >= 0.6 is 11.3 Å². The number of aryl methyl sites for hydroxylation is 1. The quantitative estimate of drug-likeness (QED) is 0.728. The van der Waals surface area contributed by atoms with Gasteiger partial charge in [0, 0.05) is 11.1 Å². The van der Waals surface area contributed by atoms with Crippen molar-refractivity contribution in [1.29, 1.82) is 0 Å². The predicted octanol–water partition coefficient (Wildman–Crippen LogP) is 1.37. The number of nitrogens with one attached hydrogen (secondary N) is 2. The Morgan fingerprint density at radius 2 is 2.22 bits per heavy atom. The molecule has 0 aliphatic carbocycles. The highest BCUT2D eigenvalue weighted by Gasteiger charge is 2.17. The molecule has 0 fully saturated rings. The molecule has 0 saturated heterocycles. The molecule has 7 heteroatoms. The van der Waals surface area contributed by atoms with Gasteiger partial charge in [0.15, 0.2) is 0 Å². The Morgan fingerprint density at radius 1 is 1.50 bits per heavy atom. The zero-order valence-corrected chi connectivity index (χ0v) is 11.2. The number of carboxylic acid groups (broad SMARTS) is 1. The van der Waals surface area contributed by atoms with Crippen LogP contribution in [0.2, 0.25) is 0 Å². The lowest BCUT2D eigenvalue weighted by Gasteiger charge is -2.12. The van der Waals surface area contributed by atoms with E-state index in [1.165, 1.54) is 11.3 Å². The van der Waals surface area contributed by atoms with E-state index >= 15 is 0 Å². The molecule has 18 heavy (non-hydrogen) atoms. The normalized spacial score (nSPS) is 11.9. The standard InChI is InChI=1S/C11H17N3O3S/c1-3-7-5-12-9(18-7)6-13-11(17)14-8(4-2)10(15)16/h5,8H,3-4,6H2,1-2H3,(H,15,16)(H2,13,14,17). The third-order valence-electron chi connectivity index (χ3n) is 2.36. The lowest BCUT2D eigenvalue weighted by atomic mass is 10.2. The summed E-state index contributed by atoms with van der Waals surface area (Å²) in [7, 11) is 0. The number of hydrogen-bond acceptors (Lipinski definition) is 4. The lowest BCUT2D eigenvalue weighted by molar-refractivity contribution is -0.139. The Hall–Kier alpha value is -1.63. The van der Waals surface area contributed by atoms with Crippen LogP contribution in [0.25, 0.3) is 0 Å². The van der Waals surface area contributed by atoms with Gasteiger partial charge in [-0.15, -0.1) is 11.3 Å². The van der Waals surface area contributed by atoms with Gasteiger partial charge in [0.2, 0.25) is 0 Å². The molecular formula is C11H17N3O3S. The smallest absolute Gasteiger partial charge is 0.326 e. The van der Waals surface area contributed by atoms with Gasteiger partial charge in [-0.3, -0.25) is 0 Å². The van der Waals surface area contributed by atoms with Gasteiger partial charge in [0.1, 0.15) is 11.0 Å². The molecule has 0 radical (unpaired) electrons. The second-order valence-electron chi connectivity index (χ2n) is 3.70. The molecular weight excluding hydrogens is 254 g/mol. The highest BCUT2D eigenvalue weighted by Crippen LogP contribution is 2.12. The lowest BCUT2D eigenvalue weighted by Crippen LogP contribution is -2.45. The van der Waals surface area contributed by atoms with Crippen LogP contribution in [0.15, 0.2) is 6.20 Å². The van der Waals surface area contributed by atoms with E-state index in [0.29, 0.717) is 13.0 Å². The van der Waals surface area contributed by atoms with E-state index in [-0.39, 0.29) is 0 Å². The summed E-state index contributed by atoms with van der Waals surface area (Å²) >= 11 is 1.54. The molecule has 0 aliphatic rings. The van der Waals surface area contributed by atoms with Crippen LogP contribution in [0, 0.1) is 0 Å². The van der Waals surface area contributed by atoms with Crippen LogP contribution < -0.4 is 10.6 Å². The molecule has 0 saturated carbocycles. The summed E-state index contributed by atoms with van der Waals surface area (Å²) in [6.07, 6.45) is 3.05. The number of aliphatic carboxylic acids is 1. The number of hydrogen-bond donors (Lipinski definition) is 3. The van der Waals surface area contributed by atoms with Gasteiger partial charge in [-0.25, -0.2) is 14.6 Å². The van der Waals surface area contributed by atoms with Crippen molar-refractivity contribution in [3.63, 3.8) is 0 Å². The first-order valence-corrected chi connectivity index (χ1v) is 6.59. The molecule has 3 N–H and O–H groups in total. The van der Waals surface area contributed by atoms with Crippen LogP contribution in [0.1, 0.15) is 30.2 Å². The van der Waals surface area contributed by atoms with Gasteiger partial charge in [-0.05, 0) is 12.8 Å². The summed E-state index contributed by atoms with van der Waals surface area (Å²) < 4.78 is 0. The Morgan fingerprint density at radius 3 is 2.72 bits per heavy atom. The highest BCUT2D eigenvalue weighted by atomic mass is 32.1. The van der Waals surface area contributed by atoms with Crippen molar-refractivity contribution in [3.05, 3.63) is 16.1 Å². The predicted molar refractivity (Wildman–Crippen MR) is 68.6 cm³/mol. The average molecular weight is 271 g/mol. The SMILES string of the molecule is CCc1cnc(CNC(=O)NC(CC)C(=O)O)s1. The third-order valence-corrected chi connectivity index (χ3v) is 3.50. The van der Waals surface area contributed by atoms with E-state index < -0.39 is 18.0 Å². The maximum absolute atomic E-state index is 11.5. The van der Waals surface area contributed by atoms with Crippen LogP contribution in [0.5, 0.6) is 0 Å². The van der Waals surface area contributed by atoms with Gasteiger partial charge < -0.3 is 15.7 Å². The van der Waals surface area contributed by atoms with E-state index in [9.17, 15) is 9.59 Å². The number of aromatic nitrogens is 1. The van der Waals surface area contributed by atoms with Crippen molar-refractivity contribution >= 4 is 23.3 Å². The second kappa shape index (κ2) is 6.95. The minimum absolute atomic E-state index is 0.312. The second-order valence-corrected chi connectivity index (χ2v) is 4.90.